The zero-order valence-corrected chi connectivity index (χ0v) is 18.3. The molecule has 0 radical (unpaired) electrons. The first-order valence-corrected chi connectivity index (χ1v) is 11.2. The maximum atomic E-state index is 4.62. The Bertz CT molecular complexity index is 790. The molecule has 1 fully saturated rings. The van der Waals surface area contributed by atoms with Crippen molar-refractivity contribution < 1.29 is 0 Å². The average Bonchev–Trinajstić information content (AvgIpc) is 2.97. The molecule has 0 N–H and O–H groups in total. The van der Waals surface area contributed by atoms with Gasteiger partial charge in [-0.1, -0.05) is 43.7 Å². The summed E-state index contributed by atoms with van der Waals surface area (Å²) in [5, 5.41) is 1.20. The third kappa shape index (κ3) is 5.08. The van der Waals surface area contributed by atoms with Gasteiger partial charge in [0.05, 0.1) is 10.7 Å². The second-order valence-corrected chi connectivity index (χ2v) is 9.31. The predicted molar refractivity (Wildman–Crippen MR) is 118 cm³/mol. The molecule has 2 heterocycles. The van der Waals surface area contributed by atoms with Crippen molar-refractivity contribution in [3.63, 3.8) is 0 Å². The van der Waals surface area contributed by atoms with Gasteiger partial charge in [0.2, 0.25) is 0 Å². The number of hydrogen-bond acceptors (Lipinski definition) is 3. The molecule has 1 saturated heterocycles. The minimum absolute atomic E-state index is 0.700. The lowest BCUT2D eigenvalue weighted by atomic mass is 9.92. The van der Waals surface area contributed by atoms with Crippen LogP contribution in [0.5, 0.6) is 0 Å². The van der Waals surface area contributed by atoms with Gasteiger partial charge in [0.15, 0.2) is 0 Å². The molecule has 0 aliphatic carbocycles. The summed E-state index contributed by atoms with van der Waals surface area (Å²) in [4.78, 5) is 8.79. The molecule has 1 aromatic heterocycles. The summed E-state index contributed by atoms with van der Waals surface area (Å²) in [6.45, 7) is 15.1. The standard InChI is InChI=1S/C24H34N2S/c1-6-21-15-20(11-13-23(21)17(2)3)10-12-22-9-7-8-14-26(22)16-24-18(4)25-19(5)27-24/h11,13,15,22H,2,6-10,12,14,16H2,1,3-5H3. The summed E-state index contributed by atoms with van der Waals surface area (Å²) in [6, 6.07) is 7.70. The summed E-state index contributed by atoms with van der Waals surface area (Å²) >= 11 is 1.87. The van der Waals surface area contributed by atoms with Crippen molar-refractivity contribution in [2.45, 2.75) is 78.8 Å². The minimum atomic E-state index is 0.700. The van der Waals surface area contributed by atoms with Crippen LogP contribution >= 0.6 is 11.3 Å². The average molecular weight is 383 g/mol. The van der Waals surface area contributed by atoms with E-state index in [1.807, 2.05) is 11.3 Å². The zero-order valence-electron chi connectivity index (χ0n) is 17.5. The number of aryl methyl sites for hydroxylation is 4. The maximum Gasteiger partial charge on any atom is 0.0900 e. The third-order valence-corrected chi connectivity index (χ3v) is 6.93. The summed E-state index contributed by atoms with van der Waals surface area (Å²) in [7, 11) is 0. The number of aromatic nitrogens is 1. The van der Waals surface area contributed by atoms with Crippen molar-refractivity contribution in [3.05, 3.63) is 57.0 Å². The minimum Gasteiger partial charge on any atom is -0.295 e. The van der Waals surface area contributed by atoms with Crippen LogP contribution in [0.3, 0.4) is 0 Å². The Morgan fingerprint density at radius 1 is 1.30 bits per heavy atom. The van der Waals surface area contributed by atoms with Gasteiger partial charge in [-0.3, -0.25) is 4.90 Å². The van der Waals surface area contributed by atoms with E-state index in [9.17, 15) is 0 Å². The van der Waals surface area contributed by atoms with E-state index in [4.69, 9.17) is 0 Å². The number of piperidine rings is 1. The SMILES string of the molecule is C=C(C)c1ccc(CCC2CCCCN2Cc2sc(C)nc2C)cc1CC. The Morgan fingerprint density at radius 2 is 2.11 bits per heavy atom. The first-order chi connectivity index (χ1) is 13.0. The second kappa shape index (κ2) is 9.16. The molecule has 2 aromatic rings. The highest BCUT2D eigenvalue weighted by Crippen LogP contribution is 2.27. The van der Waals surface area contributed by atoms with Crippen LogP contribution in [0.1, 0.15) is 71.8 Å². The van der Waals surface area contributed by atoms with Gasteiger partial charge in [0.25, 0.3) is 0 Å². The third-order valence-electron chi connectivity index (χ3n) is 5.87. The van der Waals surface area contributed by atoms with Crippen LogP contribution < -0.4 is 0 Å². The molecule has 3 rings (SSSR count). The van der Waals surface area contributed by atoms with Crippen LogP contribution in [-0.4, -0.2) is 22.5 Å². The molecule has 1 aliphatic heterocycles. The van der Waals surface area contributed by atoms with Crippen molar-refractivity contribution >= 4 is 16.9 Å². The highest BCUT2D eigenvalue weighted by molar-refractivity contribution is 7.11. The Morgan fingerprint density at radius 3 is 2.78 bits per heavy atom. The molecule has 146 valence electrons. The van der Waals surface area contributed by atoms with E-state index in [0.717, 1.165) is 13.0 Å². The van der Waals surface area contributed by atoms with Crippen molar-refractivity contribution in [1.82, 2.24) is 9.88 Å². The number of hydrogen-bond donors (Lipinski definition) is 0. The Kier molecular flexibility index (Phi) is 6.88. The fourth-order valence-corrected chi connectivity index (χ4v) is 5.31. The van der Waals surface area contributed by atoms with Crippen LogP contribution in [0.25, 0.3) is 5.57 Å². The highest BCUT2D eigenvalue weighted by atomic mass is 32.1. The Hall–Kier alpha value is -1.45. The van der Waals surface area contributed by atoms with E-state index in [0.29, 0.717) is 6.04 Å². The molecule has 27 heavy (non-hydrogen) atoms. The number of benzene rings is 1. The molecule has 1 aromatic carbocycles. The highest BCUT2D eigenvalue weighted by Gasteiger charge is 2.23. The number of rotatable bonds is 7. The number of likely N-dealkylation sites (tertiary alicyclic amines) is 1. The zero-order chi connectivity index (χ0) is 19.4. The number of nitrogens with zero attached hydrogens (tertiary/aromatic N) is 2. The van der Waals surface area contributed by atoms with Crippen molar-refractivity contribution in [3.8, 4) is 0 Å². The van der Waals surface area contributed by atoms with Gasteiger partial charge in [-0.05, 0) is 76.1 Å². The van der Waals surface area contributed by atoms with E-state index in [-0.39, 0.29) is 0 Å². The maximum absolute atomic E-state index is 4.62. The van der Waals surface area contributed by atoms with Gasteiger partial charge in [0, 0.05) is 17.5 Å². The molecular weight excluding hydrogens is 348 g/mol. The van der Waals surface area contributed by atoms with Gasteiger partial charge in [-0.2, -0.15) is 0 Å². The number of thiazole rings is 1. The smallest absolute Gasteiger partial charge is 0.0900 e. The lowest BCUT2D eigenvalue weighted by Crippen LogP contribution is -2.39. The molecule has 0 amide bonds. The van der Waals surface area contributed by atoms with Crippen LogP contribution in [0.4, 0.5) is 0 Å². The van der Waals surface area contributed by atoms with Gasteiger partial charge in [0.1, 0.15) is 0 Å². The van der Waals surface area contributed by atoms with E-state index in [1.165, 1.54) is 76.5 Å². The van der Waals surface area contributed by atoms with Crippen molar-refractivity contribution in [1.29, 1.82) is 0 Å². The first-order valence-electron chi connectivity index (χ1n) is 10.4. The first kappa shape index (κ1) is 20.3. The van der Waals surface area contributed by atoms with Crippen LogP contribution in [0.15, 0.2) is 24.8 Å². The monoisotopic (exact) mass is 382 g/mol. The van der Waals surface area contributed by atoms with Gasteiger partial charge < -0.3 is 0 Å². The van der Waals surface area contributed by atoms with E-state index < -0.39 is 0 Å². The molecular formula is C24H34N2S. The van der Waals surface area contributed by atoms with Gasteiger partial charge in [-0.15, -0.1) is 11.3 Å². The fourth-order valence-electron chi connectivity index (χ4n) is 4.34. The summed E-state index contributed by atoms with van der Waals surface area (Å²) in [6.07, 6.45) is 7.55. The largest absolute Gasteiger partial charge is 0.295 e. The lowest BCUT2D eigenvalue weighted by molar-refractivity contribution is 0.133. The molecule has 0 spiro atoms. The van der Waals surface area contributed by atoms with Gasteiger partial charge in [-0.25, -0.2) is 4.98 Å². The normalized spacial score (nSPS) is 18.0. The molecule has 0 saturated carbocycles. The quantitative estimate of drug-likeness (QED) is 0.555. The molecule has 2 nitrogen and oxygen atoms in total. The van der Waals surface area contributed by atoms with Crippen LogP contribution in [0, 0.1) is 13.8 Å². The van der Waals surface area contributed by atoms with E-state index in [2.05, 4.69) is 62.4 Å². The van der Waals surface area contributed by atoms with E-state index in [1.54, 1.807) is 0 Å². The predicted octanol–water partition coefficient (Wildman–Crippen LogP) is 6.34. The summed E-state index contributed by atoms with van der Waals surface area (Å²) < 4.78 is 0. The molecule has 1 atom stereocenters. The molecule has 3 heteroatoms. The molecule has 0 bridgehead atoms. The fraction of sp³-hybridized carbons (Fsp3) is 0.542. The molecule has 1 unspecified atom stereocenters. The Balaban J connectivity index is 1.66. The summed E-state index contributed by atoms with van der Waals surface area (Å²) in [5.41, 5.74) is 6.65. The second-order valence-electron chi connectivity index (χ2n) is 8.03. The van der Waals surface area contributed by atoms with Crippen molar-refractivity contribution in [2.75, 3.05) is 6.54 Å². The topological polar surface area (TPSA) is 16.1 Å². The molecule has 1 aliphatic rings. The Labute approximate surface area is 169 Å². The van der Waals surface area contributed by atoms with Gasteiger partial charge >= 0.3 is 0 Å². The van der Waals surface area contributed by atoms with E-state index >= 15 is 0 Å². The summed E-state index contributed by atoms with van der Waals surface area (Å²) in [5.74, 6) is 0. The number of allylic oxidation sites excluding steroid dienone is 1. The van der Waals surface area contributed by atoms with Crippen molar-refractivity contribution in [2.24, 2.45) is 0 Å². The lowest BCUT2D eigenvalue weighted by Gasteiger charge is -2.35. The van der Waals surface area contributed by atoms with Crippen LogP contribution in [0.2, 0.25) is 0 Å². The van der Waals surface area contributed by atoms with Crippen LogP contribution in [-0.2, 0) is 19.4 Å².